The Bertz CT molecular complexity index is 7040. The van der Waals surface area contributed by atoms with Gasteiger partial charge in [0.1, 0.15) is 35.2 Å². The van der Waals surface area contributed by atoms with Gasteiger partial charge in [-0.1, -0.05) is 309 Å². The highest BCUT2D eigenvalue weighted by Gasteiger charge is 2.47. The number of hydrogen-bond donors (Lipinski definition) is 0. The van der Waals surface area contributed by atoms with Crippen molar-refractivity contribution in [2.24, 2.45) is 94.4 Å². The summed E-state index contributed by atoms with van der Waals surface area (Å²) in [5.74, 6) is 7.99. The van der Waals surface area contributed by atoms with E-state index in [1.54, 1.807) is 11.1 Å². The van der Waals surface area contributed by atoms with Crippen LogP contribution in [0.5, 0.6) is 0 Å². The van der Waals surface area contributed by atoms with Crippen LogP contribution in [0.4, 0.5) is 0 Å². The molecule has 27 rings (SSSR count). The largest absolute Gasteiger partial charge is 0.213 e. The van der Waals surface area contributed by atoms with Gasteiger partial charge >= 0.3 is 0 Å². The average molecular weight is 1890 g/mol. The standard InChI is InChI=1S/2C30H36N.3C26H28N/c2*1-22-7-3-4-12-29(22)30-21-27(17-18-31(30)2)25-13-15-26(16-14-25)28-19-23-8-5-9-24(20-28)11-6-10-23;2*1-18-7-3-4-12-24(18)25-17-20(13-14-27(25)2)19-8-5-9-21(15-19)26-22-10-6-11-23(26)16-22;1-18-6-3-4-9-24(18)25-17-21(14-15-27(25)2)19-10-12-20(13-11-19)26-22-7-5-8-23(26)16-22/h2*3-4,7,12-18,21,23-24,28H,5-6,8-11,19-20H2,1-2H3;2*3-5,7-9,12-15,17,22-23,26H,6,10-11,16H2,1-2H3;3-4,6,9-15,17,22-23,26H,5,7-8,16H2,1-2H3/q5*+1/i28D;;26D;;26D. The zero-order valence-electron chi connectivity index (χ0n) is 90.2. The van der Waals surface area contributed by atoms with E-state index in [1.807, 2.05) is 0 Å². The van der Waals surface area contributed by atoms with Gasteiger partial charge in [0, 0.05) is 92.6 Å². The minimum atomic E-state index is -0.413. The van der Waals surface area contributed by atoms with E-state index in [-0.39, 0.29) is 11.8 Å². The van der Waals surface area contributed by atoms with E-state index in [1.165, 1.54) is 323 Å². The molecule has 0 spiro atoms. The van der Waals surface area contributed by atoms with Crippen molar-refractivity contribution in [3.8, 4) is 112 Å². The molecule has 15 aromatic rings. The third kappa shape index (κ3) is 21.9. The summed E-state index contributed by atoms with van der Waals surface area (Å²) in [6.07, 6.45) is 48.5. The smallest absolute Gasteiger partial charge is 0.201 e. The third-order valence-corrected chi connectivity index (χ3v) is 36.0. The van der Waals surface area contributed by atoms with E-state index in [0.717, 1.165) is 60.2 Å². The quantitative estimate of drug-likeness (QED) is 0.0912. The number of aromatic nitrogens is 5. The van der Waals surface area contributed by atoms with Crippen molar-refractivity contribution in [3.05, 3.63) is 390 Å². The summed E-state index contributed by atoms with van der Waals surface area (Å²) < 4.78 is 38.8. The lowest BCUT2D eigenvalue weighted by atomic mass is 9.55. The first-order valence-electron chi connectivity index (χ1n) is 56.9. The minimum Gasteiger partial charge on any atom is -0.201 e. The van der Waals surface area contributed by atoms with Gasteiger partial charge < -0.3 is 0 Å². The maximum Gasteiger partial charge on any atom is 0.213 e. The summed E-state index contributed by atoms with van der Waals surface area (Å²) >= 11 is 0. The Balaban J connectivity index is 0.000000107. The van der Waals surface area contributed by atoms with Crippen LogP contribution < -0.4 is 22.8 Å². The number of benzene rings is 10. The Morgan fingerprint density at radius 1 is 0.203 bits per heavy atom. The molecular weight excluding hydrogens is 1730 g/mol. The zero-order chi connectivity index (χ0) is 100. The average Bonchev–Trinajstić information content (AvgIpc) is 0.709. The predicted octanol–water partition coefficient (Wildman–Crippen LogP) is 33.4. The van der Waals surface area contributed by atoms with Crippen LogP contribution in [0.2, 0.25) is 0 Å². The lowest BCUT2D eigenvalue weighted by molar-refractivity contribution is -0.660. The summed E-state index contributed by atoms with van der Waals surface area (Å²) in [5.41, 5.74) is 38.7. The predicted molar refractivity (Wildman–Crippen MR) is 594 cm³/mol. The molecule has 6 unspecified atom stereocenters. The molecule has 12 aliphatic rings. The van der Waals surface area contributed by atoms with Crippen LogP contribution in [-0.4, -0.2) is 0 Å². The maximum absolute atomic E-state index is 9.47. The molecule has 0 saturated heterocycles. The molecule has 6 atom stereocenters. The molecule has 5 heterocycles. The number of pyridine rings is 5. The number of nitrogens with zero attached hydrogens (tertiary/aromatic N) is 5. The van der Waals surface area contributed by atoms with Gasteiger partial charge in [0.2, 0.25) is 28.5 Å². The normalized spacial score (nSPS) is 25.6. The van der Waals surface area contributed by atoms with Crippen LogP contribution in [0, 0.1) is 93.8 Å². The summed E-state index contributed by atoms with van der Waals surface area (Å²) in [7, 11) is 10.6. The fourth-order valence-electron chi connectivity index (χ4n) is 27.8. The Hall–Kier alpha value is -12.1. The second-order valence-electron chi connectivity index (χ2n) is 45.2. The van der Waals surface area contributed by atoms with Crippen LogP contribution in [0.3, 0.4) is 0 Å². The topological polar surface area (TPSA) is 19.4 Å². The van der Waals surface area contributed by atoms with E-state index in [4.69, 9.17) is 1.37 Å². The molecule has 10 bridgehead atoms. The van der Waals surface area contributed by atoms with Gasteiger partial charge in [-0.05, 0) is 348 Å². The fraction of sp³-hybridized carbons (Fsp3) is 0.384. The van der Waals surface area contributed by atoms with E-state index in [2.05, 4.69) is 427 Å². The second kappa shape index (κ2) is 44.3. The van der Waals surface area contributed by atoms with Crippen LogP contribution in [0.1, 0.15) is 269 Å². The van der Waals surface area contributed by atoms with Gasteiger partial charge in [0.05, 0.1) is 0 Å². The minimum absolute atomic E-state index is 0.327. The van der Waals surface area contributed by atoms with Crippen molar-refractivity contribution < 1.29 is 26.9 Å². The molecule has 728 valence electrons. The molecule has 5 aromatic heterocycles. The zero-order valence-corrected chi connectivity index (χ0v) is 87.2. The first-order chi connectivity index (χ1) is 71.0. The summed E-state index contributed by atoms with van der Waals surface area (Å²) in [6, 6.07) is 111. The summed E-state index contributed by atoms with van der Waals surface area (Å²) in [5, 5.41) is 0. The third-order valence-electron chi connectivity index (χ3n) is 36.0. The molecule has 12 saturated carbocycles. The Morgan fingerprint density at radius 3 is 0.769 bits per heavy atom. The number of hydrogen-bond acceptors (Lipinski definition) is 0. The van der Waals surface area contributed by atoms with Crippen molar-refractivity contribution in [3.63, 3.8) is 0 Å². The van der Waals surface area contributed by atoms with Gasteiger partial charge in [0.15, 0.2) is 31.0 Å². The summed E-state index contributed by atoms with van der Waals surface area (Å²) in [6.45, 7) is 10.9. The van der Waals surface area contributed by atoms with Crippen molar-refractivity contribution in [1.29, 1.82) is 0 Å². The second-order valence-corrected chi connectivity index (χ2v) is 45.2. The van der Waals surface area contributed by atoms with E-state index in [0.29, 0.717) is 23.7 Å². The molecule has 5 nitrogen and oxygen atoms in total. The van der Waals surface area contributed by atoms with Crippen LogP contribution in [0.15, 0.2) is 334 Å². The Kier molecular flexibility index (Phi) is 28.9. The first-order valence-corrected chi connectivity index (χ1v) is 55.4. The molecule has 0 radical (unpaired) electrons. The van der Waals surface area contributed by atoms with Crippen LogP contribution in [-0.2, 0) is 35.2 Å². The van der Waals surface area contributed by atoms with E-state index >= 15 is 0 Å². The van der Waals surface area contributed by atoms with Crippen LogP contribution >= 0.6 is 0 Å². The summed E-state index contributed by atoms with van der Waals surface area (Å²) in [4.78, 5) is 0. The van der Waals surface area contributed by atoms with Crippen molar-refractivity contribution in [2.75, 3.05) is 0 Å². The van der Waals surface area contributed by atoms with Crippen molar-refractivity contribution >= 4 is 0 Å². The lowest BCUT2D eigenvalue weighted by Crippen LogP contribution is -2.38. The molecule has 0 N–H and O–H groups in total. The van der Waals surface area contributed by atoms with Gasteiger partial charge in [0.25, 0.3) is 0 Å². The van der Waals surface area contributed by atoms with Crippen molar-refractivity contribution in [1.82, 2.24) is 0 Å². The molecule has 143 heavy (non-hydrogen) atoms. The van der Waals surface area contributed by atoms with Gasteiger partial charge in [-0.2, -0.15) is 0 Å². The highest BCUT2D eigenvalue weighted by molar-refractivity contribution is 5.76. The molecule has 10 aromatic carbocycles. The Morgan fingerprint density at radius 2 is 0.455 bits per heavy atom. The Labute approximate surface area is 861 Å². The van der Waals surface area contributed by atoms with Gasteiger partial charge in [-0.15, -0.1) is 0 Å². The SMILES string of the molecule is Cc1ccccc1-c1cc(-c2ccc(C3CC4CCCC(CCC4)C3)cc2)cc[n+]1C.Cc1ccccc1-c1cc(-c2cccc(C3C4CCCC3C4)c2)cc[n+]1C.[2H]C1(c2ccc(-c3cc[n+](C)c(-c4ccccc4C)c3)cc2)C2CCCC1C2.[2H]C1(c2ccc(-c3cc[n+](C)c(-c4ccccc4C)c3)cc2)CC2CCCC(CCC2)C1.[2H]C1(c2cccc(-c3cc[n+](C)c(-c4ccccc4C)c3)c2)C2CCCC1C2. The number of rotatable bonds is 15. The molecule has 12 fully saturated rings. The fourth-order valence-corrected chi connectivity index (χ4v) is 27.8. The lowest BCUT2D eigenvalue weighted by Gasteiger charge is -2.50. The molecule has 12 aliphatic carbocycles. The van der Waals surface area contributed by atoms with Gasteiger partial charge in [-0.25, -0.2) is 22.8 Å². The monoisotopic (exact) mass is 1890 g/mol. The molecule has 0 amide bonds. The highest BCUT2D eigenvalue weighted by Crippen LogP contribution is 2.59. The number of fused-ring (bicyclic) bond motifs is 18. The van der Waals surface area contributed by atoms with E-state index in [9.17, 15) is 2.74 Å². The van der Waals surface area contributed by atoms with Gasteiger partial charge in [-0.3, -0.25) is 0 Å². The molecule has 5 heteroatoms. The maximum atomic E-state index is 9.47. The van der Waals surface area contributed by atoms with Crippen molar-refractivity contribution in [2.45, 2.75) is 244 Å². The number of aryl methyl sites for hydroxylation is 10. The van der Waals surface area contributed by atoms with E-state index < -0.39 is 5.89 Å². The molecular formula is C138H156N5+5. The van der Waals surface area contributed by atoms with Crippen LogP contribution in [0.25, 0.3) is 112 Å². The first kappa shape index (κ1) is 93.3. The highest BCUT2D eigenvalue weighted by atomic mass is 14.9. The molecule has 0 aliphatic heterocycles.